The van der Waals surface area contributed by atoms with Crippen LogP contribution in [-0.2, 0) is 27.2 Å². The maximum atomic E-state index is 10.6. The van der Waals surface area contributed by atoms with E-state index < -0.39 is 47.6 Å². The van der Waals surface area contributed by atoms with E-state index in [4.69, 9.17) is 60.7 Å². The van der Waals surface area contributed by atoms with Gasteiger partial charge < -0.3 is 75.1 Å². The van der Waals surface area contributed by atoms with Crippen molar-refractivity contribution in [3.05, 3.63) is 54.1 Å². The summed E-state index contributed by atoms with van der Waals surface area (Å²) in [5, 5.41) is 58.4. The van der Waals surface area contributed by atoms with Crippen molar-refractivity contribution < 1.29 is 125 Å². The van der Waals surface area contributed by atoms with Crippen LogP contribution in [0, 0.1) is 30.3 Å². The van der Waals surface area contributed by atoms with E-state index in [1.54, 1.807) is 0 Å². The molecule has 228 valence electrons. The largest absolute Gasteiger partial charge is 0.507 e. The molecule has 0 fully saturated rings. The SMILES string of the molecule is O.O.O.O.O.O.O.O.O.O=C(O)c1cc(S(=O)(=O)O)ccc1O.O=[N+]([O-])O.O=[N+]([O-])O.O=[N+]([O-])O.[Fe]. The first-order chi connectivity index (χ1) is 11.5. The van der Waals surface area contributed by atoms with Gasteiger partial charge in [0, 0.05) is 17.1 Å². The Bertz CT molecular complexity index is 716. The zero-order chi connectivity index (χ0) is 21.7. The minimum atomic E-state index is -4.45. The summed E-state index contributed by atoms with van der Waals surface area (Å²) in [5.41, 5.74) is -0.583. The van der Waals surface area contributed by atoms with Crippen molar-refractivity contribution >= 4 is 16.1 Å². The topological polar surface area (TPSA) is 586 Å². The van der Waals surface area contributed by atoms with Gasteiger partial charge in [0.05, 0.1) is 4.90 Å². The van der Waals surface area contributed by atoms with Gasteiger partial charge in [0.2, 0.25) is 0 Å². The molecule has 0 saturated heterocycles. The van der Waals surface area contributed by atoms with Gasteiger partial charge >= 0.3 is 5.97 Å². The predicted molar refractivity (Wildman–Crippen MR) is 104 cm³/mol. The molecule has 0 aromatic heterocycles. The number of hydrogen-bond donors (Lipinski definition) is 6. The zero-order valence-electron chi connectivity index (χ0n) is 16.7. The molecule has 0 aliphatic carbocycles. The first-order valence-corrected chi connectivity index (χ1v) is 6.49. The molecule has 0 heterocycles. The van der Waals surface area contributed by atoms with Gasteiger partial charge in [-0.25, -0.2) is 4.79 Å². The number of nitrogens with zero attached hydrogens (tertiary/aromatic N) is 3. The van der Waals surface area contributed by atoms with Gasteiger partial charge in [-0.15, -0.1) is 30.3 Å². The summed E-state index contributed by atoms with van der Waals surface area (Å²) in [6.45, 7) is 0. The first-order valence-electron chi connectivity index (χ1n) is 5.05. The Balaban J connectivity index is -0.0000000192. The monoisotopic (exact) mass is 625 g/mol. The number of hydrogen-bond acceptors (Lipinski definition) is 10. The van der Waals surface area contributed by atoms with Gasteiger partial charge in [-0.3, -0.25) is 4.55 Å². The van der Waals surface area contributed by atoms with E-state index in [0.29, 0.717) is 6.07 Å². The van der Waals surface area contributed by atoms with E-state index in [0.717, 1.165) is 12.1 Å². The maximum Gasteiger partial charge on any atom is 0.339 e. The number of phenols is 1. The van der Waals surface area contributed by atoms with Crippen LogP contribution in [0.1, 0.15) is 10.4 Å². The third-order valence-electron chi connectivity index (χ3n) is 1.50. The minimum Gasteiger partial charge on any atom is -0.507 e. The first kappa shape index (κ1) is 85.1. The fourth-order valence-electron chi connectivity index (χ4n) is 0.847. The second-order valence-electron chi connectivity index (χ2n) is 3.17. The van der Waals surface area contributed by atoms with Gasteiger partial charge in [0.1, 0.15) is 11.3 Å². The van der Waals surface area contributed by atoms with E-state index in [1.807, 2.05) is 0 Å². The Kier molecular flexibility index (Phi) is 97.9. The molecule has 27 nitrogen and oxygen atoms in total. The summed E-state index contributed by atoms with van der Waals surface area (Å²) < 4.78 is 29.8. The molecule has 1 rings (SSSR count). The van der Waals surface area contributed by atoms with Crippen LogP contribution < -0.4 is 0 Å². The molecule has 0 spiro atoms. The smallest absolute Gasteiger partial charge is 0.339 e. The van der Waals surface area contributed by atoms with Crippen molar-refractivity contribution in [2.75, 3.05) is 0 Å². The van der Waals surface area contributed by atoms with Crippen LogP contribution in [0.2, 0.25) is 0 Å². The molecule has 0 saturated carbocycles. The van der Waals surface area contributed by atoms with Gasteiger partial charge in [-0.2, -0.15) is 8.42 Å². The second-order valence-corrected chi connectivity index (χ2v) is 4.59. The summed E-state index contributed by atoms with van der Waals surface area (Å²) in [7, 11) is -4.45. The molecular weight excluding hydrogens is 598 g/mol. The Hall–Kier alpha value is -3.84. The van der Waals surface area contributed by atoms with E-state index in [1.165, 1.54) is 0 Å². The molecule has 36 heavy (non-hydrogen) atoms. The molecule has 0 atom stereocenters. The van der Waals surface area contributed by atoms with Crippen molar-refractivity contribution in [1.29, 1.82) is 0 Å². The number of rotatable bonds is 2. The molecule has 1 aromatic carbocycles. The summed E-state index contributed by atoms with van der Waals surface area (Å²) in [6, 6.07) is 2.46. The number of carboxylic acid groups (broad SMARTS) is 1. The Morgan fingerprint density at radius 3 is 1.11 bits per heavy atom. The van der Waals surface area contributed by atoms with Crippen LogP contribution in [0.3, 0.4) is 0 Å². The summed E-state index contributed by atoms with van der Waals surface area (Å²) in [4.78, 5) is 35.0. The van der Waals surface area contributed by atoms with Crippen LogP contribution in [0.4, 0.5) is 0 Å². The molecule has 29 heteroatoms. The third-order valence-corrected chi connectivity index (χ3v) is 2.35. The standard InChI is InChI=1S/C7H6O6S.Fe.3HNO3.9H2O/c8-6-2-1-4(14(11,12)13)3-5(6)7(9)10;;3*2-1(3)4;;;;;;;;;/h1-3,8H,(H,9,10)(H,11,12,13);;3*(H,2,3,4);9*1H2. The van der Waals surface area contributed by atoms with Crippen LogP contribution in [0.25, 0.3) is 0 Å². The number of benzene rings is 1. The number of aromatic carboxylic acids is 1. The molecular formula is C7H27FeN3O24S. The summed E-state index contributed by atoms with van der Waals surface area (Å²) in [5.74, 6) is -2.04. The maximum absolute atomic E-state index is 10.6. The number of carboxylic acids is 1. The number of aromatic hydroxyl groups is 1. The zero-order valence-corrected chi connectivity index (χ0v) is 18.6. The van der Waals surface area contributed by atoms with Gasteiger partial charge in [0.25, 0.3) is 25.4 Å². The summed E-state index contributed by atoms with van der Waals surface area (Å²) in [6.07, 6.45) is 0. The van der Waals surface area contributed by atoms with Crippen LogP contribution >= 0.6 is 0 Å². The number of carbonyl (C=O) groups is 1. The predicted octanol–water partition coefficient (Wildman–Crippen LogP) is -8.13. The van der Waals surface area contributed by atoms with E-state index in [-0.39, 0.29) is 66.4 Å². The minimum absolute atomic E-state index is 0. The van der Waals surface area contributed by atoms with Crippen molar-refractivity contribution in [2.45, 2.75) is 4.90 Å². The fraction of sp³-hybridized carbons (Fsp3) is 0. The molecule has 0 radical (unpaired) electrons. The third kappa shape index (κ3) is 69.9. The average Bonchev–Trinajstić information content (AvgIpc) is 2.35. The van der Waals surface area contributed by atoms with Crippen molar-refractivity contribution in [1.82, 2.24) is 0 Å². The molecule has 0 aliphatic heterocycles. The molecule has 0 unspecified atom stereocenters. The second kappa shape index (κ2) is 41.4. The molecule has 0 aliphatic rings. The molecule has 0 amide bonds. The summed E-state index contributed by atoms with van der Waals surface area (Å²) >= 11 is 0. The quantitative estimate of drug-likeness (QED) is 0.0769. The molecule has 1 aromatic rings. The van der Waals surface area contributed by atoms with Crippen molar-refractivity contribution in [3.63, 3.8) is 0 Å². The van der Waals surface area contributed by atoms with Crippen LogP contribution in [-0.4, -0.2) is 109 Å². The Morgan fingerprint density at radius 1 is 0.722 bits per heavy atom. The van der Waals surface area contributed by atoms with E-state index >= 15 is 0 Å². The van der Waals surface area contributed by atoms with Gasteiger partial charge in [-0.1, -0.05) is 0 Å². The van der Waals surface area contributed by atoms with Crippen molar-refractivity contribution in [2.24, 2.45) is 0 Å². The molecule has 24 N–H and O–H groups in total. The van der Waals surface area contributed by atoms with Crippen LogP contribution in [0.15, 0.2) is 23.1 Å². The average molecular weight is 625 g/mol. The van der Waals surface area contributed by atoms with E-state index in [2.05, 4.69) is 0 Å². The normalized spacial score (nSPS) is 6.36. The molecule has 0 bridgehead atoms. The van der Waals surface area contributed by atoms with Crippen molar-refractivity contribution in [3.8, 4) is 5.75 Å². The fourth-order valence-corrected chi connectivity index (χ4v) is 1.35. The Morgan fingerprint density at radius 2 is 0.944 bits per heavy atom. The van der Waals surface area contributed by atoms with Gasteiger partial charge in [0.15, 0.2) is 0 Å². The van der Waals surface area contributed by atoms with E-state index in [9.17, 15) is 13.2 Å². The van der Waals surface area contributed by atoms with Gasteiger partial charge in [-0.05, 0) is 18.2 Å². The van der Waals surface area contributed by atoms with Crippen LogP contribution in [0.5, 0.6) is 5.75 Å². The Labute approximate surface area is 206 Å².